The van der Waals surface area contributed by atoms with Crippen molar-refractivity contribution in [1.82, 2.24) is 15.2 Å². The van der Waals surface area contributed by atoms with Gasteiger partial charge in [-0.15, -0.1) is 11.3 Å². The first-order valence-electron chi connectivity index (χ1n) is 16.3. The van der Waals surface area contributed by atoms with Crippen LogP contribution in [0.15, 0.2) is 90.4 Å². The number of benzene rings is 3. The first kappa shape index (κ1) is 34.5. The van der Waals surface area contributed by atoms with E-state index in [1.165, 1.54) is 0 Å². The van der Waals surface area contributed by atoms with Crippen LogP contribution in [0.25, 0.3) is 10.4 Å². The summed E-state index contributed by atoms with van der Waals surface area (Å²) < 4.78 is 13.2. The molecule has 5 rings (SSSR count). The maximum Gasteiger partial charge on any atom is 0.411 e. The Bertz CT molecular complexity index is 1620. The van der Waals surface area contributed by atoms with Gasteiger partial charge in [-0.1, -0.05) is 106 Å². The standard InChI is InChI=1S/C38H47N3O4SSi/c1-26(28-19-21-29(22-20-28)34-27(2)39-25-46-34)40-35(42)33-23-30(24-41(33)36(43)44-37(3,4)5)45-47(38(6,7)8,31-15-11-9-12-16-31)32-17-13-10-14-18-32/h9-22,25-26,30,33H,23-24H2,1-8H3,(H,40,42)/t26-,30+,33-/m0/s1. The number of likely N-dealkylation sites (tertiary alicyclic amines) is 1. The summed E-state index contributed by atoms with van der Waals surface area (Å²) in [5.41, 5.74) is 4.22. The van der Waals surface area contributed by atoms with Gasteiger partial charge in [0.1, 0.15) is 11.6 Å². The van der Waals surface area contributed by atoms with Crippen molar-refractivity contribution in [3.8, 4) is 10.4 Å². The molecule has 1 N–H and O–H groups in total. The average molecular weight is 670 g/mol. The highest BCUT2D eigenvalue weighted by molar-refractivity contribution is 7.13. The molecule has 0 radical (unpaired) electrons. The molecule has 9 heteroatoms. The van der Waals surface area contributed by atoms with E-state index in [0.29, 0.717) is 6.42 Å². The van der Waals surface area contributed by atoms with Gasteiger partial charge >= 0.3 is 6.09 Å². The molecule has 2 heterocycles. The van der Waals surface area contributed by atoms with Crippen molar-refractivity contribution in [3.63, 3.8) is 0 Å². The van der Waals surface area contributed by atoms with E-state index in [0.717, 1.165) is 32.1 Å². The maximum absolute atomic E-state index is 14.0. The minimum atomic E-state index is -2.92. The van der Waals surface area contributed by atoms with Crippen molar-refractivity contribution in [2.45, 2.75) is 90.6 Å². The van der Waals surface area contributed by atoms with Gasteiger partial charge in [0.05, 0.1) is 28.2 Å². The highest BCUT2D eigenvalue weighted by Crippen LogP contribution is 2.39. The van der Waals surface area contributed by atoms with Gasteiger partial charge in [-0.05, 0) is 61.2 Å². The van der Waals surface area contributed by atoms with E-state index in [9.17, 15) is 9.59 Å². The second kappa shape index (κ2) is 13.7. The van der Waals surface area contributed by atoms with Gasteiger partial charge in [-0.25, -0.2) is 9.78 Å². The van der Waals surface area contributed by atoms with Crippen LogP contribution in [0, 0.1) is 6.92 Å². The summed E-state index contributed by atoms with van der Waals surface area (Å²) in [5, 5.41) is 5.25. The molecule has 0 spiro atoms. The Morgan fingerprint density at radius 2 is 1.49 bits per heavy atom. The molecule has 3 atom stereocenters. The first-order chi connectivity index (χ1) is 22.2. The van der Waals surface area contributed by atoms with Gasteiger partial charge < -0.3 is 14.5 Å². The Hall–Kier alpha value is -3.79. The third kappa shape index (κ3) is 7.53. The molecule has 7 nitrogen and oxygen atoms in total. The minimum absolute atomic E-state index is 0.223. The molecule has 1 fully saturated rings. The summed E-state index contributed by atoms with van der Waals surface area (Å²) >= 11 is 1.61. The number of carbonyl (C=O) groups is 2. The number of ether oxygens (including phenoxy) is 1. The normalized spacial score (nSPS) is 17.7. The molecule has 1 aliphatic heterocycles. The van der Waals surface area contributed by atoms with Gasteiger partial charge in [-0.3, -0.25) is 9.69 Å². The summed E-state index contributed by atoms with van der Waals surface area (Å²) in [6.45, 7) is 16.4. The van der Waals surface area contributed by atoms with E-state index >= 15 is 0 Å². The lowest BCUT2D eigenvalue weighted by molar-refractivity contribution is -0.126. The molecule has 1 aromatic heterocycles. The number of amides is 2. The fourth-order valence-electron chi connectivity index (χ4n) is 6.49. The van der Waals surface area contributed by atoms with Crippen molar-refractivity contribution in [1.29, 1.82) is 0 Å². The first-order valence-corrected chi connectivity index (χ1v) is 19.1. The smallest absolute Gasteiger partial charge is 0.411 e. The number of thiazole rings is 1. The zero-order valence-electron chi connectivity index (χ0n) is 28.7. The second-order valence-corrected chi connectivity index (χ2v) is 19.5. The van der Waals surface area contributed by atoms with Gasteiger partial charge in [0.15, 0.2) is 0 Å². The summed E-state index contributed by atoms with van der Waals surface area (Å²) in [4.78, 5) is 34.7. The Kier molecular flexibility index (Phi) is 10.1. The predicted octanol–water partition coefficient (Wildman–Crippen LogP) is 7.25. The van der Waals surface area contributed by atoms with E-state index < -0.39 is 26.1 Å². The van der Waals surface area contributed by atoms with Crippen LogP contribution in [0.1, 0.15) is 72.2 Å². The molecule has 2 amide bonds. The van der Waals surface area contributed by atoms with Crippen molar-refractivity contribution in [2.75, 3.05) is 6.54 Å². The molecule has 0 saturated carbocycles. The fourth-order valence-corrected chi connectivity index (χ4v) is 12.0. The third-order valence-electron chi connectivity index (χ3n) is 8.73. The van der Waals surface area contributed by atoms with Crippen LogP contribution in [-0.4, -0.2) is 54.5 Å². The number of aromatic nitrogens is 1. The van der Waals surface area contributed by atoms with Crippen LogP contribution in [0.5, 0.6) is 0 Å². The number of nitrogens with one attached hydrogen (secondary N) is 1. The number of carbonyl (C=O) groups excluding carboxylic acids is 2. The van der Waals surface area contributed by atoms with E-state index in [1.54, 1.807) is 16.2 Å². The summed E-state index contributed by atoms with van der Waals surface area (Å²) in [5.74, 6) is -0.223. The van der Waals surface area contributed by atoms with Crippen LogP contribution in [-0.2, 0) is 14.0 Å². The van der Waals surface area contributed by atoms with Gasteiger partial charge in [-0.2, -0.15) is 0 Å². The second-order valence-electron chi connectivity index (χ2n) is 14.4. The van der Waals surface area contributed by atoms with E-state index in [2.05, 4.69) is 91.7 Å². The van der Waals surface area contributed by atoms with Crippen molar-refractivity contribution < 1.29 is 18.8 Å². The number of rotatable bonds is 8. The van der Waals surface area contributed by atoms with Crippen molar-refractivity contribution in [2.24, 2.45) is 0 Å². The van der Waals surface area contributed by atoms with E-state index in [-0.39, 0.29) is 29.6 Å². The number of nitrogens with zero attached hydrogens (tertiary/aromatic N) is 2. The number of hydrogen-bond acceptors (Lipinski definition) is 6. The van der Waals surface area contributed by atoms with Crippen LogP contribution in [0.4, 0.5) is 4.79 Å². The molecule has 1 aliphatic rings. The Morgan fingerprint density at radius 3 is 1.98 bits per heavy atom. The zero-order chi connectivity index (χ0) is 34.0. The lowest BCUT2D eigenvalue weighted by atomic mass is 10.0. The van der Waals surface area contributed by atoms with Crippen molar-refractivity contribution >= 4 is 42.0 Å². The fraction of sp³-hybridized carbons (Fsp3) is 0.395. The third-order valence-corrected chi connectivity index (χ3v) is 14.8. The average Bonchev–Trinajstić information content (AvgIpc) is 3.65. The van der Waals surface area contributed by atoms with Crippen LogP contribution in [0.3, 0.4) is 0 Å². The van der Waals surface area contributed by atoms with Gasteiger partial charge in [0.2, 0.25) is 5.91 Å². The molecular formula is C38H47N3O4SSi. The van der Waals surface area contributed by atoms with Crippen LogP contribution in [0.2, 0.25) is 5.04 Å². The maximum atomic E-state index is 14.0. The van der Waals surface area contributed by atoms with Gasteiger partial charge in [0.25, 0.3) is 8.32 Å². The van der Waals surface area contributed by atoms with Crippen LogP contribution < -0.4 is 15.7 Å². The monoisotopic (exact) mass is 669 g/mol. The Labute approximate surface area is 284 Å². The number of aryl methyl sites for hydroxylation is 1. The van der Waals surface area contributed by atoms with Crippen molar-refractivity contribution in [3.05, 3.63) is 102 Å². The topological polar surface area (TPSA) is 80.8 Å². The van der Waals surface area contributed by atoms with E-state index in [1.807, 2.05) is 64.4 Å². The Morgan fingerprint density at radius 1 is 0.915 bits per heavy atom. The summed E-state index contributed by atoms with van der Waals surface area (Å²) in [7, 11) is -2.92. The quantitative estimate of drug-likeness (QED) is 0.200. The molecule has 1 saturated heterocycles. The molecule has 4 aromatic rings. The predicted molar refractivity (Wildman–Crippen MR) is 193 cm³/mol. The molecule has 0 unspecified atom stereocenters. The zero-order valence-corrected chi connectivity index (χ0v) is 30.6. The lowest BCUT2D eigenvalue weighted by Gasteiger charge is -2.44. The molecule has 0 aliphatic carbocycles. The number of hydrogen-bond donors (Lipinski definition) is 1. The lowest BCUT2D eigenvalue weighted by Crippen LogP contribution is -2.67. The van der Waals surface area contributed by atoms with Crippen LogP contribution >= 0.6 is 11.3 Å². The molecule has 3 aromatic carbocycles. The summed E-state index contributed by atoms with van der Waals surface area (Å²) in [6, 6.07) is 28.1. The van der Waals surface area contributed by atoms with E-state index in [4.69, 9.17) is 9.16 Å². The minimum Gasteiger partial charge on any atom is -0.444 e. The molecule has 47 heavy (non-hydrogen) atoms. The summed E-state index contributed by atoms with van der Waals surface area (Å²) in [6.07, 6.45) is -0.517. The molecular weight excluding hydrogens is 623 g/mol. The molecule has 0 bridgehead atoms. The highest BCUT2D eigenvalue weighted by Gasteiger charge is 2.54. The van der Waals surface area contributed by atoms with Gasteiger partial charge in [0, 0.05) is 13.0 Å². The Balaban J connectivity index is 1.43. The highest BCUT2D eigenvalue weighted by atomic mass is 32.1. The largest absolute Gasteiger partial charge is 0.444 e. The molecule has 248 valence electrons. The SMILES string of the molecule is Cc1ncsc1-c1ccc([C@H](C)NC(=O)[C@@H]2C[C@@H](O[Si](c3ccccc3)(c3ccccc3)C(C)(C)C)CN2C(=O)OC(C)(C)C)cc1.